The molecule has 3 aromatic carbocycles. The van der Waals surface area contributed by atoms with Crippen LogP contribution >= 0.6 is 11.8 Å². The zero-order valence-corrected chi connectivity index (χ0v) is 17.6. The van der Waals surface area contributed by atoms with Crippen molar-refractivity contribution in [3.05, 3.63) is 90.0 Å². The van der Waals surface area contributed by atoms with Crippen molar-refractivity contribution in [1.29, 1.82) is 0 Å². The fraction of sp³-hybridized carbons (Fsp3) is 0.200. The van der Waals surface area contributed by atoms with Crippen LogP contribution in [0.25, 0.3) is 0 Å². The minimum Gasteiger partial charge on any atom is -0.326 e. The van der Waals surface area contributed by atoms with Gasteiger partial charge in [0.1, 0.15) is 5.25 Å². The predicted molar refractivity (Wildman–Crippen MR) is 123 cm³/mol. The molecule has 2 N–H and O–H groups in total. The van der Waals surface area contributed by atoms with E-state index in [1.54, 1.807) is 0 Å². The third-order valence-corrected chi connectivity index (χ3v) is 6.21. The van der Waals surface area contributed by atoms with Crippen LogP contribution < -0.4 is 10.6 Å². The first kappa shape index (κ1) is 20.2. The molecular formula is C25H24N2O2S. The Bertz CT molecular complexity index is 1030. The van der Waals surface area contributed by atoms with Crippen LogP contribution in [0.3, 0.4) is 0 Å². The number of aryl methyl sites for hydroxylation is 1. The zero-order chi connectivity index (χ0) is 20.9. The molecule has 1 aliphatic carbocycles. The van der Waals surface area contributed by atoms with Gasteiger partial charge in [-0.3, -0.25) is 9.59 Å². The molecule has 0 heterocycles. The number of hydrogen-bond donors (Lipinski definition) is 2. The number of amides is 2. The molecule has 1 atom stereocenters. The monoisotopic (exact) mass is 416 g/mol. The number of nitrogens with one attached hydrogen (secondary N) is 2. The molecule has 0 aromatic heterocycles. The number of carbonyl (C=O) groups is 2. The Balaban J connectivity index is 1.53. The van der Waals surface area contributed by atoms with Gasteiger partial charge in [-0.1, -0.05) is 54.1 Å². The highest BCUT2D eigenvalue weighted by Gasteiger charge is 2.29. The Morgan fingerprint density at radius 1 is 0.867 bits per heavy atom. The first-order chi connectivity index (χ1) is 14.6. The smallest absolute Gasteiger partial charge is 0.242 e. The normalized spacial score (nSPS) is 14.0. The van der Waals surface area contributed by atoms with Gasteiger partial charge in [0.05, 0.1) is 0 Å². The summed E-state index contributed by atoms with van der Waals surface area (Å²) in [4.78, 5) is 26.2. The number of thioether (sulfide) groups is 1. The molecule has 0 spiro atoms. The van der Waals surface area contributed by atoms with E-state index in [1.807, 2.05) is 85.8 Å². The highest BCUT2D eigenvalue weighted by Crippen LogP contribution is 2.37. The first-order valence-electron chi connectivity index (χ1n) is 10.1. The first-order valence-corrected chi connectivity index (χ1v) is 11.0. The predicted octanol–water partition coefficient (Wildman–Crippen LogP) is 5.82. The van der Waals surface area contributed by atoms with Crippen molar-refractivity contribution in [3.63, 3.8) is 0 Å². The van der Waals surface area contributed by atoms with Crippen LogP contribution in [0.5, 0.6) is 0 Å². The summed E-state index contributed by atoms with van der Waals surface area (Å²) < 4.78 is 0. The van der Waals surface area contributed by atoms with Crippen molar-refractivity contribution in [2.45, 2.75) is 29.9 Å². The lowest BCUT2D eigenvalue weighted by atomic mass is 10.1. The molecule has 0 saturated heterocycles. The Labute approximate surface area is 181 Å². The molecule has 5 heteroatoms. The summed E-state index contributed by atoms with van der Waals surface area (Å²) in [5, 5.41) is 5.59. The maximum Gasteiger partial charge on any atom is 0.242 e. The number of hydrogen-bond acceptors (Lipinski definition) is 3. The van der Waals surface area contributed by atoms with Crippen molar-refractivity contribution < 1.29 is 9.59 Å². The molecule has 3 aromatic rings. The van der Waals surface area contributed by atoms with E-state index in [-0.39, 0.29) is 17.7 Å². The summed E-state index contributed by atoms with van der Waals surface area (Å²) in [6.07, 6.45) is 1.94. The largest absolute Gasteiger partial charge is 0.326 e. The SMILES string of the molecule is Cc1ccc(NC(=O)C(Sc2cccc(NC(=O)C3CC3)c2)c2ccccc2)cc1. The second kappa shape index (κ2) is 9.18. The van der Waals surface area contributed by atoms with Gasteiger partial charge in [-0.2, -0.15) is 0 Å². The van der Waals surface area contributed by atoms with Gasteiger partial charge in [-0.05, 0) is 55.7 Å². The summed E-state index contributed by atoms with van der Waals surface area (Å²) in [7, 11) is 0. The quantitative estimate of drug-likeness (QED) is 0.478. The van der Waals surface area contributed by atoms with Gasteiger partial charge in [-0.25, -0.2) is 0 Å². The molecular weight excluding hydrogens is 392 g/mol. The number of carbonyl (C=O) groups excluding carboxylic acids is 2. The van der Waals surface area contributed by atoms with Crippen LogP contribution in [0.2, 0.25) is 0 Å². The second-order valence-corrected chi connectivity index (χ2v) is 8.73. The lowest BCUT2D eigenvalue weighted by Gasteiger charge is -2.18. The zero-order valence-electron chi connectivity index (χ0n) is 16.8. The Morgan fingerprint density at radius 3 is 2.30 bits per heavy atom. The summed E-state index contributed by atoms with van der Waals surface area (Å²) >= 11 is 1.47. The lowest BCUT2D eigenvalue weighted by Crippen LogP contribution is -2.19. The fourth-order valence-corrected chi connectivity index (χ4v) is 4.20. The molecule has 0 aliphatic heterocycles. The highest BCUT2D eigenvalue weighted by atomic mass is 32.2. The van der Waals surface area contributed by atoms with Crippen molar-refractivity contribution in [2.75, 3.05) is 10.6 Å². The maximum atomic E-state index is 13.2. The van der Waals surface area contributed by atoms with E-state index in [4.69, 9.17) is 0 Å². The second-order valence-electron chi connectivity index (χ2n) is 7.56. The van der Waals surface area contributed by atoms with Gasteiger partial charge in [0.25, 0.3) is 0 Å². The molecule has 0 radical (unpaired) electrons. The van der Waals surface area contributed by atoms with Gasteiger partial charge in [0.2, 0.25) is 11.8 Å². The Morgan fingerprint density at radius 2 is 1.60 bits per heavy atom. The Kier molecular flexibility index (Phi) is 6.19. The van der Waals surface area contributed by atoms with Gasteiger partial charge in [0, 0.05) is 22.2 Å². The van der Waals surface area contributed by atoms with Gasteiger partial charge in [-0.15, -0.1) is 11.8 Å². The van der Waals surface area contributed by atoms with Crippen molar-refractivity contribution in [3.8, 4) is 0 Å². The fourth-order valence-electron chi connectivity index (χ4n) is 3.12. The van der Waals surface area contributed by atoms with Crippen molar-refractivity contribution >= 4 is 35.0 Å². The standard InChI is InChI=1S/C25H24N2O2S/c1-17-10-14-20(15-11-17)26-25(29)23(18-6-3-2-4-7-18)30-22-9-5-8-21(16-22)27-24(28)19-12-13-19/h2-11,14-16,19,23H,12-13H2,1H3,(H,26,29)(H,27,28). The van der Waals surface area contributed by atoms with E-state index in [0.29, 0.717) is 0 Å². The molecule has 4 nitrogen and oxygen atoms in total. The maximum absolute atomic E-state index is 13.2. The molecule has 30 heavy (non-hydrogen) atoms. The van der Waals surface area contributed by atoms with Crippen molar-refractivity contribution in [1.82, 2.24) is 0 Å². The number of anilines is 2. The van der Waals surface area contributed by atoms with Crippen LogP contribution in [-0.2, 0) is 9.59 Å². The molecule has 152 valence electrons. The Hall–Kier alpha value is -3.05. The third-order valence-electron chi connectivity index (χ3n) is 4.96. The summed E-state index contributed by atoms with van der Waals surface area (Å²) in [5.74, 6) is 0.148. The van der Waals surface area contributed by atoms with Gasteiger partial charge < -0.3 is 10.6 Å². The van der Waals surface area contributed by atoms with Crippen LogP contribution in [0.15, 0.2) is 83.8 Å². The average Bonchev–Trinajstić information content (AvgIpc) is 3.60. The molecule has 1 fully saturated rings. The van der Waals surface area contributed by atoms with Crippen LogP contribution in [-0.4, -0.2) is 11.8 Å². The van der Waals surface area contributed by atoms with E-state index in [0.717, 1.165) is 40.2 Å². The van der Waals surface area contributed by atoms with Crippen LogP contribution in [0, 0.1) is 12.8 Å². The highest BCUT2D eigenvalue weighted by molar-refractivity contribution is 8.00. The van der Waals surface area contributed by atoms with E-state index in [9.17, 15) is 9.59 Å². The summed E-state index contributed by atoms with van der Waals surface area (Å²) in [6.45, 7) is 2.02. The topological polar surface area (TPSA) is 58.2 Å². The third kappa shape index (κ3) is 5.30. The molecule has 4 rings (SSSR count). The minimum atomic E-state index is -0.415. The molecule has 1 aliphatic rings. The lowest BCUT2D eigenvalue weighted by molar-refractivity contribution is -0.117. The summed E-state index contributed by atoms with van der Waals surface area (Å²) in [6, 6.07) is 25.2. The van der Waals surface area contributed by atoms with Crippen LogP contribution in [0.1, 0.15) is 29.2 Å². The van der Waals surface area contributed by atoms with Crippen molar-refractivity contribution in [2.24, 2.45) is 5.92 Å². The molecule has 1 saturated carbocycles. The minimum absolute atomic E-state index is 0.0777. The van der Waals surface area contributed by atoms with E-state index >= 15 is 0 Å². The van der Waals surface area contributed by atoms with Gasteiger partial charge in [0.15, 0.2) is 0 Å². The number of rotatable bonds is 7. The number of benzene rings is 3. The van der Waals surface area contributed by atoms with Crippen LogP contribution in [0.4, 0.5) is 11.4 Å². The van der Waals surface area contributed by atoms with E-state index in [2.05, 4.69) is 10.6 Å². The molecule has 1 unspecified atom stereocenters. The van der Waals surface area contributed by atoms with E-state index in [1.165, 1.54) is 11.8 Å². The molecule has 2 amide bonds. The van der Waals surface area contributed by atoms with Gasteiger partial charge >= 0.3 is 0 Å². The van der Waals surface area contributed by atoms with E-state index < -0.39 is 5.25 Å². The summed E-state index contributed by atoms with van der Waals surface area (Å²) in [5.41, 5.74) is 3.62. The molecule has 0 bridgehead atoms. The average molecular weight is 417 g/mol.